The third kappa shape index (κ3) is 8.79. The van der Waals surface area contributed by atoms with E-state index in [2.05, 4.69) is 15.6 Å². The Kier molecular flexibility index (Phi) is 10.2. The average molecular weight is 451 g/mol. The molecule has 1 fully saturated rings. The Morgan fingerprint density at radius 1 is 1.42 bits per heavy atom. The molecule has 0 radical (unpaired) electrons. The maximum atomic E-state index is 13.1. The third-order valence-electron chi connectivity index (χ3n) is 3.52. The summed E-state index contributed by atoms with van der Waals surface area (Å²) in [5.74, 6) is 1.03. The minimum absolute atomic E-state index is 0. The zero-order chi connectivity index (χ0) is 16.5. The summed E-state index contributed by atoms with van der Waals surface area (Å²) in [5, 5.41) is 16.1. The van der Waals surface area contributed by atoms with Gasteiger partial charge in [-0.2, -0.15) is 0 Å². The van der Waals surface area contributed by atoms with Crippen molar-refractivity contribution < 1.29 is 14.2 Å². The molecule has 0 spiro atoms. The van der Waals surface area contributed by atoms with Gasteiger partial charge < -0.3 is 20.5 Å². The Balaban J connectivity index is 0.00000288. The molecule has 3 N–H and O–H groups in total. The number of aliphatic hydroxyl groups is 1. The van der Waals surface area contributed by atoms with Crippen LogP contribution in [0.25, 0.3) is 0 Å². The fourth-order valence-electron chi connectivity index (χ4n) is 2.08. The topological polar surface area (TPSA) is 65.9 Å². The van der Waals surface area contributed by atoms with Crippen LogP contribution in [0.1, 0.15) is 25.3 Å². The standard InChI is InChI=1S/C17H26FN3O2.HI/c1-2-19-17(20-9-14-4-3-5-15(18)8-14)21-10-16(22)12-23-11-13-6-7-13;/h3-5,8,13,16,22H,2,6-7,9-12H2,1H3,(H2,19,20,21);1H. The second kappa shape index (κ2) is 11.6. The zero-order valence-corrected chi connectivity index (χ0v) is 16.3. The van der Waals surface area contributed by atoms with Gasteiger partial charge in [0.25, 0.3) is 0 Å². The van der Waals surface area contributed by atoms with E-state index in [9.17, 15) is 9.50 Å². The predicted molar refractivity (Wildman–Crippen MR) is 104 cm³/mol. The molecular weight excluding hydrogens is 424 g/mol. The summed E-state index contributed by atoms with van der Waals surface area (Å²) in [5.41, 5.74) is 0.801. The molecule has 0 aromatic heterocycles. The van der Waals surface area contributed by atoms with Gasteiger partial charge in [0.05, 0.1) is 19.3 Å². The van der Waals surface area contributed by atoms with Crippen LogP contribution in [0.5, 0.6) is 0 Å². The molecule has 1 aromatic rings. The lowest BCUT2D eigenvalue weighted by molar-refractivity contribution is 0.0345. The van der Waals surface area contributed by atoms with E-state index < -0.39 is 6.10 Å². The smallest absolute Gasteiger partial charge is 0.191 e. The van der Waals surface area contributed by atoms with E-state index in [0.717, 1.165) is 12.2 Å². The molecule has 2 rings (SSSR count). The van der Waals surface area contributed by atoms with E-state index in [1.54, 1.807) is 6.07 Å². The van der Waals surface area contributed by atoms with Crippen molar-refractivity contribution in [3.05, 3.63) is 35.6 Å². The Morgan fingerprint density at radius 3 is 2.88 bits per heavy atom. The summed E-state index contributed by atoms with van der Waals surface area (Å²) in [6.07, 6.45) is 1.91. The predicted octanol–water partition coefficient (Wildman–Crippen LogP) is 2.29. The lowest BCUT2D eigenvalue weighted by Gasteiger charge is -2.15. The van der Waals surface area contributed by atoms with E-state index >= 15 is 0 Å². The molecule has 7 heteroatoms. The number of nitrogens with one attached hydrogen (secondary N) is 2. The monoisotopic (exact) mass is 451 g/mol. The highest BCUT2D eigenvalue weighted by Gasteiger charge is 2.21. The number of aliphatic imine (C=N–C) groups is 1. The first kappa shape index (κ1) is 21.1. The SMILES string of the molecule is CCNC(=NCc1cccc(F)c1)NCC(O)COCC1CC1.I. The lowest BCUT2D eigenvalue weighted by atomic mass is 10.2. The second-order valence-corrected chi connectivity index (χ2v) is 5.84. The van der Waals surface area contributed by atoms with E-state index in [-0.39, 0.29) is 29.8 Å². The Hall–Kier alpha value is -0.930. The van der Waals surface area contributed by atoms with Gasteiger partial charge in [0, 0.05) is 19.7 Å². The minimum Gasteiger partial charge on any atom is -0.389 e. The van der Waals surface area contributed by atoms with Gasteiger partial charge in [-0.05, 0) is 43.4 Å². The largest absolute Gasteiger partial charge is 0.389 e. The lowest BCUT2D eigenvalue weighted by Crippen LogP contribution is -2.42. The summed E-state index contributed by atoms with van der Waals surface area (Å²) < 4.78 is 18.6. The molecule has 0 bridgehead atoms. The van der Waals surface area contributed by atoms with E-state index in [1.165, 1.54) is 25.0 Å². The Morgan fingerprint density at radius 2 is 2.21 bits per heavy atom. The van der Waals surface area contributed by atoms with Crippen molar-refractivity contribution in [2.75, 3.05) is 26.3 Å². The van der Waals surface area contributed by atoms with Crippen LogP contribution in [0.15, 0.2) is 29.3 Å². The highest BCUT2D eigenvalue weighted by atomic mass is 127. The molecule has 136 valence electrons. The molecule has 1 aliphatic rings. The van der Waals surface area contributed by atoms with Crippen LogP contribution < -0.4 is 10.6 Å². The molecule has 1 atom stereocenters. The summed E-state index contributed by atoms with van der Waals surface area (Å²) in [7, 11) is 0. The number of halogens is 2. The molecule has 0 saturated heterocycles. The van der Waals surface area contributed by atoms with Gasteiger partial charge in [-0.25, -0.2) is 9.38 Å². The summed E-state index contributed by atoms with van der Waals surface area (Å²) in [6, 6.07) is 6.38. The number of guanidine groups is 1. The number of hydrogen-bond donors (Lipinski definition) is 3. The van der Waals surface area contributed by atoms with Crippen molar-refractivity contribution >= 4 is 29.9 Å². The molecule has 0 heterocycles. The van der Waals surface area contributed by atoms with Gasteiger partial charge in [0.15, 0.2) is 5.96 Å². The quantitative estimate of drug-likeness (QED) is 0.306. The third-order valence-corrected chi connectivity index (χ3v) is 3.52. The van der Waals surface area contributed by atoms with Crippen LogP contribution in [0, 0.1) is 11.7 Å². The molecule has 1 unspecified atom stereocenters. The van der Waals surface area contributed by atoms with Gasteiger partial charge in [-0.3, -0.25) is 0 Å². The number of hydrogen-bond acceptors (Lipinski definition) is 3. The van der Waals surface area contributed by atoms with Gasteiger partial charge in [-0.1, -0.05) is 12.1 Å². The first-order valence-electron chi connectivity index (χ1n) is 8.19. The van der Waals surface area contributed by atoms with Crippen molar-refractivity contribution in [3.63, 3.8) is 0 Å². The van der Waals surface area contributed by atoms with Crippen LogP contribution in [0.4, 0.5) is 4.39 Å². The maximum Gasteiger partial charge on any atom is 0.191 e. The van der Waals surface area contributed by atoms with Gasteiger partial charge in [-0.15, -0.1) is 24.0 Å². The van der Waals surface area contributed by atoms with E-state index in [1.807, 2.05) is 13.0 Å². The molecule has 0 amide bonds. The summed E-state index contributed by atoms with van der Waals surface area (Å²) in [4.78, 5) is 4.39. The summed E-state index contributed by atoms with van der Waals surface area (Å²) >= 11 is 0. The van der Waals surface area contributed by atoms with Crippen LogP contribution in [0.2, 0.25) is 0 Å². The zero-order valence-electron chi connectivity index (χ0n) is 14.0. The van der Waals surface area contributed by atoms with Crippen LogP contribution in [-0.4, -0.2) is 43.5 Å². The van der Waals surface area contributed by atoms with Gasteiger partial charge >= 0.3 is 0 Å². The van der Waals surface area contributed by atoms with Crippen LogP contribution >= 0.6 is 24.0 Å². The number of aliphatic hydroxyl groups excluding tert-OH is 1. The highest BCUT2D eigenvalue weighted by molar-refractivity contribution is 14.0. The molecular formula is C17H27FIN3O2. The fraction of sp³-hybridized carbons (Fsp3) is 0.588. The fourth-order valence-corrected chi connectivity index (χ4v) is 2.08. The first-order chi connectivity index (χ1) is 11.2. The van der Waals surface area contributed by atoms with Gasteiger partial charge in [0.2, 0.25) is 0 Å². The molecule has 1 saturated carbocycles. The number of ether oxygens (including phenoxy) is 1. The Labute approximate surface area is 160 Å². The first-order valence-corrected chi connectivity index (χ1v) is 8.19. The second-order valence-electron chi connectivity index (χ2n) is 5.84. The molecule has 1 aromatic carbocycles. The van der Waals surface area contributed by atoms with E-state index in [0.29, 0.717) is 38.1 Å². The van der Waals surface area contributed by atoms with Crippen molar-refractivity contribution in [2.45, 2.75) is 32.4 Å². The minimum atomic E-state index is -0.577. The van der Waals surface area contributed by atoms with Crippen molar-refractivity contribution in [2.24, 2.45) is 10.9 Å². The molecule has 0 aliphatic heterocycles. The van der Waals surface area contributed by atoms with Crippen molar-refractivity contribution in [1.29, 1.82) is 0 Å². The molecule has 1 aliphatic carbocycles. The van der Waals surface area contributed by atoms with Gasteiger partial charge in [0.1, 0.15) is 5.82 Å². The maximum absolute atomic E-state index is 13.1. The molecule has 5 nitrogen and oxygen atoms in total. The Bertz CT molecular complexity index is 512. The number of benzene rings is 1. The van der Waals surface area contributed by atoms with Crippen molar-refractivity contribution in [3.8, 4) is 0 Å². The van der Waals surface area contributed by atoms with Crippen LogP contribution in [-0.2, 0) is 11.3 Å². The number of nitrogens with zero attached hydrogens (tertiary/aromatic N) is 1. The highest BCUT2D eigenvalue weighted by Crippen LogP contribution is 2.28. The molecule has 24 heavy (non-hydrogen) atoms. The summed E-state index contributed by atoms with van der Waals surface area (Å²) in [6.45, 7) is 4.48. The number of rotatable bonds is 9. The average Bonchev–Trinajstić information content (AvgIpc) is 3.34. The van der Waals surface area contributed by atoms with E-state index in [4.69, 9.17) is 4.74 Å². The normalized spacial score (nSPS) is 15.5. The van der Waals surface area contributed by atoms with Crippen molar-refractivity contribution in [1.82, 2.24) is 10.6 Å². The van der Waals surface area contributed by atoms with Crippen LogP contribution in [0.3, 0.4) is 0 Å².